The van der Waals surface area contributed by atoms with Gasteiger partial charge in [-0.25, -0.2) is 0 Å². The molecule has 230 valence electrons. The average Bonchev–Trinajstić information content (AvgIpc) is 3.20. The van der Waals surface area contributed by atoms with Gasteiger partial charge in [0, 0.05) is 57.6 Å². The van der Waals surface area contributed by atoms with Crippen LogP contribution in [0, 0.1) is 0 Å². The lowest BCUT2D eigenvalue weighted by molar-refractivity contribution is -0.138. The molecule has 1 saturated heterocycles. The van der Waals surface area contributed by atoms with E-state index in [1.807, 2.05) is 0 Å². The highest BCUT2D eigenvalue weighted by Gasteiger charge is 2.38. The third kappa shape index (κ3) is 17.5. The highest BCUT2D eigenvalue weighted by atomic mass is 32.2. The maximum Gasteiger partial charge on any atom is 0.242 e. The maximum absolute atomic E-state index is 12.6. The molecule has 11 nitrogen and oxygen atoms in total. The fourth-order valence-corrected chi connectivity index (χ4v) is 5.04. The van der Waals surface area contributed by atoms with Crippen molar-refractivity contribution < 1.29 is 33.4 Å². The highest BCUT2D eigenvalue weighted by molar-refractivity contribution is 8.00. The number of likely N-dealkylation sites (tertiary alicyclic amines) is 1. The van der Waals surface area contributed by atoms with Crippen molar-refractivity contribution in [3.63, 3.8) is 0 Å². The van der Waals surface area contributed by atoms with Crippen molar-refractivity contribution in [1.29, 1.82) is 0 Å². The molecule has 0 aromatic carbocycles. The molecular formula is C28H50N4O7S. The van der Waals surface area contributed by atoms with Gasteiger partial charge in [0.2, 0.25) is 29.5 Å². The number of ether oxygens (including phenoxy) is 2. The fourth-order valence-electron chi connectivity index (χ4n) is 3.92. The predicted octanol–water partition coefficient (Wildman–Crippen LogP) is 2.17. The van der Waals surface area contributed by atoms with Gasteiger partial charge in [-0.1, -0.05) is 46.0 Å². The number of carbonyl (C=O) groups is 5. The normalized spacial score (nSPS) is 14.9. The molecule has 0 aromatic rings. The van der Waals surface area contributed by atoms with E-state index in [1.165, 1.54) is 11.8 Å². The Hall–Kier alpha value is -2.18. The van der Waals surface area contributed by atoms with Gasteiger partial charge in [0.25, 0.3) is 0 Å². The molecule has 1 unspecified atom stereocenters. The average molecular weight is 587 g/mol. The zero-order chi connectivity index (χ0) is 29.4. The van der Waals surface area contributed by atoms with Crippen LogP contribution in [0.2, 0.25) is 0 Å². The number of rotatable bonds is 25. The molecule has 1 aliphatic heterocycles. The van der Waals surface area contributed by atoms with E-state index in [1.54, 1.807) is 0 Å². The van der Waals surface area contributed by atoms with Crippen molar-refractivity contribution in [2.24, 2.45) is 0 Å². The lowest BCUT2D eigenvalue weighted by Crippen LogP contribution is -2.36. The van der Waals surface area contributed by atoms with Gasteiger partial charge >= 0.3 is 0 Å². The molecular weight excluding hydrogens is 536 g/mol. The molecule has 1 atom stereocenters. The molecule has 1 heterocycles. The van der Waals surface area contributed by atoms with Gasteiger partial charge in [-0.05, 0) is 12.8 Å². The fraction of sp³-hybridized carbons (Fsp3) is 0.821. The summed E-state index contributed by atoms with van der Waals surface area (Å²) in [4.78, 5) is 61.7. The van der Waals surface area contributed by atoms with Gasteiger partial charge in [0.1, 0.15) is 0 Å². The number of hydrogen-bond acceptors (Lipinski definition) is 8. The zero-order valence-corrected chi connectivity index (χ0v) is 25.2. The summed E-state index contributed by atoms with van der Waals surface area (Å²) in [6.07, 6.45) is 8.35. The van der Waals surface area contributed by atoms with Crippen molar-refractivity contribution in [1.82, 2.24) is 20.9 Å². The van der Waals surface area contributed by atoms with E-state index in [0.29, 0.717) is 64.7 Å². The zero-order valence-electron chi connectivity index (χ0n) is 24.4. The molecule has 5 amide bonds. The highest BCUT2D eigenvalue weighted by Crippen LogP contribution is 2.25. The molecule has 0 spiro atoms. The quantitative estimate of drug-likeness (QED) is 0.109. The monoisotopic (exact) mass is 586 g/mol. The molecule has 1 rings (SSSR count). The van der Waals surface area contributed by atoms with E-state index < -0.39 is 5.25 Å². The molecule has 0 bridgehead atoms. The first-order valence-corrected chi connectivity index (χ1v) is 15.8. The second kappa shape index (κ2) is 23.5. The summed E-state index contributed by atoms with van der Waals surface area (Å²) in [6, 6.07) is 0. The van der Waals surface area contributed by atoms with Gasteiger partial charge in [0.05, 0.1) is 31.7 Å². The minimum atomic E-state index is -0.497. The second-order valence-corrected chi connectivity index (χ2v) is 11.1. The third-order valence-corrected chi connectivity index (χ3v) is 7.49. The minimum absolute atomic E-state index is 0.0146. The Morgan fingerprint density at radius 2 is 1.32 bits per heavy atom. The summed E-state index contributed by atoms with van der Waals surface area (Å²) in [5.74, 6) is -0.425. The molecule has 1 aliphatic rings. The first-order chi connectivity index (χ1) is 19.4. The number of hydrogen-bond donors (Lipinski definition) is 3. The number of nitrogens with zero attached hydrogens (tertiary/aromatic N) is 1. The van der Waals surface area contributed by atoms with Crippen LogP contribution in [-0.4, -0.2) is 98.0 Å². The second-order valence-electron chi connectivity index (χ2n) is 9.74. The van der Waals surface area contributed by atoms with Crippen LogP contribution in [0.3, 0.4) is 0 Å². The number of carbonyl (C=O) groups excluding carboxylic acids is 5. The van der Waals surface area contributed by atoms with E-state index in [0.717, 1.165) is 49.8 Å². The first kappa shape index (κ1) is 35.8. The van der Waals surface area contributed by atoms with Crippen LogP contribution < -0.4 is 16.0 Å². The Kier molecular flexibility index (Phi) is 21.1. The Morgan fingerprint density at radius 3 is 2.02 bits per heavy atom. The molecule has 12 heteroatoms. The Balaban J connectivity index is 2.04. The van der Waals surface area contributed by atoms with Crippen LogP contribution in [0.15, 0.2) is 0 Å². The van der Waals surface area contributed by atoms with Gasteiger partial charge in [-0.2, -0.15) is 0 Å². The first-order valence-electron chi connectivity index (χ1n) is 14.8. The van der Waals surface area contributed by atoms with Crippen molar-refractivity contribution in [2.45, 2.75) is 89.7 Å². The molecule has 0 aromatic heterocycles. The van der Waals surface area contributed by atoms with E-state index in [2.05, 4.69) is 29.8 Å². The van der Waals surface area contributed by atoms with Crippen molar-refractivity contribution >= 4 is 41.3 Å². The van der Waals surface area contributed by atoms with E-state index in [4.69, 9.17) is 9.47 Å². The Bertz CT molecular complexity index is 769. The van der Waals surface area contributed by atoms with Crippen molar-refractivity contribution in [3.8, 4) is 0 Å². The summed E-state index contributed by atoms with van der Waals surface area (Å²) < 4.78 is 10.8. The number of imide groups is 1. The van der Waals surface area contributed by atoms with Gasteiger partial charge in [0.15, 0.2) is 0 Å². The largest absolute Gasteiger partial charge is 0.379 e. The number of nitrogens with one attached hydrogen (secondary N) is 3. The molecule has 0 saturated carbocycles. The lowest BCUT2D eigenvalue weighted by atomic mass is 10.2. The summed E-state index contributed by atoms with van der Waals surface area (Å²) >= 11 is 1.32. The summed E-state index contributed by atoms with van der Waals surface area (Å²) in [6.45, 7) is 7.32. The summed E-state index contributed by atoms with van der Waals surface area (Å²) in [5, 5.41) is 7.96. The molecule has 40 heavy (non-hydrogen) atoms. The molecule has 3 N–H and O–H groups in total. The van der Waals surface area contributed by atoms with E-state index in [9.17, 15) is 24.0 Å². The Morgan fingerprint density at radius 1 is 0.750 bits per heavy atom. The lowest BCUT2D eigenvalue weighted by Gasteiger charge is -2.15. The van der Waals surface area contributed by atoms with Crippen molar-refractivity contribution in [2.75, 3.05) is 58.4 Å². The van der Waals surface area contributed by atoms with E-state index in [-0.39, 0.29) is 48.9 Å². The van der Waals surface area contributed by atoms with Crippen LogP contribution in [0.25, 0.3) is 0 Å². The van der Waals surface area contributed by atoms with Crippen LogP contribution in [0.5, 0.6) is 0 Å². The molecule has 0 aliphatic carbocycles. The maximum atomic E-state index is 12.6. The molecule has 1 fully saturated rings. The van der Waals surface area contributed by atoms with Gasteiger partial charge < -0.3 is 25.4 Å². The minimum Gasteiger partial charge on any atom is -0.379 e. The van der Waals surface area contributed by atoms with Crippen LogP contribution in [0.4, 0.5) is 0 Å². The Labute approximate surface area is 243 Å². The smallest absolute Gasteiger partial charge is 0.242 e. The van der Waals surface area contributed by atoms with Gasteiger partial charge in [-0.15, -0.1) is 11.8 Å². The standard InChI is InChI=1S/C28H50N4O7S/c1-3-5-7-9-14-30-26(35)12-21-40-23-22-27(36)32(28(23)37)16-10-24(33)31-15-18-39-20-19-38-17-11-25(34)29-13-8-6-4-2/h23H,3-22H2,1-2H3,(H,29,34)(H,30,35)(H,31,33). The topological polar surface area (TPSA) is 143 Å². The number of amides is 5. The molecule has 0 radical (unpaired) electrons. The SMILES string of the molecule is CCCCCCNC(=O)CCSC1CC(=O)N(CCC(=O)NCCOCCOCCC(=O)NCCCCC)C1=O. The summed E-state index contributed by atoms with van der Waals surface area (Å²) in [7, 11) is 0. The predicted molar refractivity (Wildman–Crippen MR) is 156 cm³/mol. The third-order valence-electron chi connectivity index (χ3n) is 6.28. The number of unbranched alkanes of at least 4 members (excludes halogenated alkanes) is 5. The van der Waals surface area contributed by atoms with Crippen LogP contribution in [-0.2, 0) is 33.4 Å². The van der Waals surface area contributed by atoms with Crippen LogP contribution >= 0.6 is 11.8 Å². The number of thioether (sulfide) groups is 1. The van der Waals surface area contributed by atoms with E-state index >= 15 is 0 Å². The summed E-state index contributed by atoms with van der Waals surface area (Å²) in [5.41, 5.74) is 0. The van der Waals surface area contributed by atoms with Crippen LogP contribution in [0.1, 0.15) is 84.5 Å². The van der Waals surface area contributed by atoms with Crippen molar-refractivity contribution in [3.05, 3.63) is 0 Å². The van der Waals surface area contributed by atoms with Gasteiger partial charge in [-0.3, -0.25) is 28.9 Å².